The van der Waals surface area contributed by atoms with Gasteiger partial charge >= 0.3 is 6.03 Å². The van der Waals surface area contributed by atoms with Crippen molar-refractivity contribution >= 4 is 29.1 Å². The number of benzene rings is 1. The molecule has 0 spiro atoms. The number of hydrogen-bond donors (Lipinski definition) is 1. The van der Waals surface area contributed by atoms with E-state index in [0.717, 1.165) is 41.3 Å². The second-order valence-electron chi connectivity index (χ2n) is 10.5. The standard InChI is InChI=1S/C24H32N4O3/c1-24(2,3)10-22-26-19-9-17(6-7-20(19)28(22)13-15-4-5-15)18(21(30)14-29)8-16-11-27(12-16)23(25)31/h6-7,9,14-16,18H,4-5,8,10-13H2,1-3H3,(H2,25,31). The zero-order valence-electron chi connectivity index (χ0n) is 18.6. The van der Waals surface area contributed by atoms with Crippen molar-refractivity contribution in [2.24, 2.45) is 23.0 Å². The van der Waals surface area contributed by atoms with E-state index >= 15 is 0 Å². The molecule has 1 aliphatic carbocycles. The first-order chi connectivity index (χ1) is 14.6. The van der Waals surface area contributed by atoms with Crippen molar-refractivity contribution in [3.8, 4) is 0 Å². The summed E-state index contributed by atoms with van der Waals surface area (Å²) >= 11 is 0. The molecule has 1 unspecified atom stereocenters. The second kappa shape index (κ2) is 8.09. The highest BCUT2D eigenvalue weighted by atomic mass is 16.2. The lowest BCUT2D eigenvalue weighted by Crippen LogP contribution is -2.52. The van der Waals surface area contributed by atoms with Gasteiger partial charge in [0, 0.05) is 26.1 Å². The number of primary amides is 1. The highest BCUT2D eigenvalue weighted by Gasteiger charge is 2.34. The largest absolute Gasteiger partial charge is 0.351 e. The van der Waals surface area contributed by atoms with Crippen LogP contribution in [0.15, 0.2) is 18.2 Å². The van der Waals surface area contributed by atoms with Crippen molar-refractivity contribution in [3.63, 3.8) is 0 Å². The fourth-order valence-electron chi connectivity index (χ4n) is 4.52. The molecule has 2 amide bonds. The van der Waals surface area contributed by atoms with E-state index in [2.05, 4.69) is 25.3 Å². The number of fused-ring (bicyclic) bond motifs is 1. The van der Waals surface area contributed by atoms with Gasteiger partial charge in [0.1, 0.15) is 5.82 Å². The van der Waals surface area contributed by atoms with Crippen LogP contribution in [0.3, 0.4) is 0 Å². The van der Waals surface area contributed by atoms with Gasteiger partial charge in [-0.2, -0.15) is 0 Å². The summed E-state index contributed by atoms with van der Waals surface area (Å²) in [6, 6.07) is 5.55. The third-order valence-corrected chi connectivity index (χ3v) is 6.38. The van der Waals surface area contributed by atoms with Crippen LogP contribution >= 0.6 is 0 Å². The Bertz CT molecular complexity index is 1010. The molecule has 4 rings (SSSR count). The predicted molar refractivity (Wildman–Crippen MR) is 119 cm³/mol. The number of aldehydes is 1. The van der Waals surface area contributed by atoms with Gasteiger partial charge < -0.3 is 15.2 Å². The molecular formula is C24H32N4O3. The number of Topliss-reactive ketones (excluding diaryl/α,β-unsaturated/α-hetero) is 1. The van der Waals surface area contributed by atoms with Crippen LogP contribution < -0.4 is 5.73 Å². The Morgan fingerprint density at radius 1 is 1.23 bits per heavy atom. The summed E-state index contributed by atoms with van der Waals surface area (Å²) in [5.74, 6) is 1.04. The molecule has 2 aliphatic rings. The summed E-state index contributed by atoms with van der Waals surface area (Å²) in [5.41, 5.74) is 8.22. The van der Waals surface area contributed by atoms with E-state index < -0.39 is 17.7 Å². The summed E-state index contributed by atoms with van der Waals surface area (Å²) in [7, 11) is 0. The molecule has 0 radical (unpaired) electrons. The average Bonchev–Trinajstić information content (AvgIpc) is 3.41. The fourth-order valence-corrected chi connectivity index (χ4v) is 4.52. The number of carbonyl (C=O) groups excluding carboxylic acids is 3. The summed E-state index contributed by atoms with van der Waals surface area (Å²) in [6.07, 6.45) is 4.37. The highest BCUT2D eigenvalue weighted by Crippen LogP contribution is 2.35. The van der Waals surface area contributed by atoms with Crippen molar-refractivity contribution in [1.29, 1.82) is 0 Å². The Labute approximate surface area is 183 Å². The van der Waals surface area contributed by atoms with Crippen LogP contribution in [0.2, 0.25) is 0 Å². The number of hydrogen-bond acceptors (Lipinski definition) is 4. The smallest absolute Gasteiger partial charge is 0.314 e. The van der Waals surface area contributed by atoms with Crippen molar-refractivity contribution in [1.82, 2.24) is 14.5 Å². The van der Waals surface area contributed by atoms with Gasteiger partial charge in [-0.1, -0.05) is 26.8 Å². The van der Waals surface area contributed by atoms with Gasteiger partial charge in [0.05, 0.1) is 17.0 Å². The first-order valence-electron chi connectivity index (χ1n) is 11.2. The summed E-state index contributed by atoms with van der Waals surface area (Å²) in [5, 5.41) is 0. The SMILES string of the molecule is CC(C)(C)Cc1nc2cc(C(CC3CN(C(N)=O)C3)C(=O)C=O)ccc2n1CC1CC1. The van der Waals surface area contributed by atoms with Crippen LogP contribution in [0.25, 0.3) is 11.0 Å². The van der Waals surface area contributed by atoms with Gasteiger partial charge in [0.25, 0.3) is 0 Å². The maximum absolute atomic E-state index is 12.5. The van der Waals surface area contributed by atoms with Crippen LogP contribution in [-0.2, 0) is 22.6 Å². The number of rotatable bonds is 8. The number of nitrogens with zero attached hydrogens (tertiary/aromatic N) is 3. The van der Waals surface area contributed by atoms with Crippen molar-refractivity contribution in [2.45, 2.75) is 58.9 Å². The molecule has 2 fully saturated rings. The molecule has 0 bridgehead atoms. The highest BCUT2D eigenvalue weighted by molar-refractivity contribution is 6.27. The molecule has 1 aromatic carbocycles. The van der Waals surface area contributed by atoms with Crippen molar-refractivity contribution in [2.75, 3.05) is 13.1 Å². The second-order valence-corrected chi connectivity index (χ2v) is 10.5. The Hall–Kier alpha value is -2.70. The molecule has 1 saturated heterocycles. The van der Waals surface area contributed by atoms with Crippen LogP contribution in [-0.4, -0.2) is 45.6 Å². The monoisotopic (exact) mass is 424 g/mol. The Morgan fingerprint density at radius 2 is 1.94 bits per heavy atom. The Morgan fingerprint density at radius 3 is 2.52 bits per heavy atom. The predicted octanol–water partition coefficient (Wildman–Crippen LogP) is 3.29. The molecule has 1 aromatic heterocycles. The lowest BCUT2D eigenvalue weighted by Gasteiger charge is -2.39. The zero-order valence-corrected chi connectivity index (χ0v) is 18.6. The molecule has 7 heteroatoms. The lowest BCUT2D eigenvalue weighted by molar-refractivity contribution is -0.131. The summed E-state index contributed by atoms with van der Waals surface area (Å²) < 4.78 is 2.34. The zero-order chi connectivity index (χ0) is 22.3. The number of amides is 2. The van der Waals surface area contributed by atoms with Gasteiger partial charge in [0.2, 0.25) is 5.78 Å². The molecule has 1 saturated carbocycles. The van der Waals surface area contributed by atoms with Crippen LogP contribution in [0, 0.1) is 17.3 Å². The number of aromatic nitrogens is 2. The third-order valence-electron chi connectivity index (χ3n) is 6.38. The molecule has 166 valence electrons. The topological polar surface area (TPSA) is 98.3 Å². The Balaban J connectivity index is 1.63. The van der Waals surface area contributed by atoms with Crippen molar-refractivity contribution < 1.29 is 14.4 Å². The average molecular weight is 425 g/mol. The van der Waals surface area contributed by atoms with E-state index in [1.165, 1.54) is 12.8 Å². The first kappa shape index (κ1) is 21.5. The minimum Gasteiger partial charge on any atom is -0.351 e. The van der Waals surface area contributed by atoms with Gasteiger partial charge in [-0.3, -0.25) is 9.59 Å². The maximum Gasteiger partial charge on any atom is 0.314 e. The maximum atomic E-state index is 12.5. The quantitative estimate of drug-likeness (QED) is 0.519. The van der Waals surface area contributed by atoms with E-state index in [9.17, 15) is 14.4 Å². The number of ketones is 1. The number of urea groups is 1. The van der Waals surface area contributed by atoms with Crippen molar-refractivity contribution in [3.05, 3.63) is 29.6 Å². The summed E-state index contributed by atoms with van der Waals surface area (Å²) in [4.78, 5) is 41.5. The van der Waals surface area contributed by atoms with E-state index in [1.54, 1.807) is 4.90 Å². The Kier molecular flexibility index (Phi) is 5.62. The molecule has 1 aliphatic heterocycles. The van der Waals surface area contributed by atoms with Gasteiger partial charge in [0.15, 0.2) is 6.29 Å². The number of likely N-dealkylation sites (tertiary alicyclic amines) is 1. The van der Waals surface area contributed by atoms with E-state index in [4.69, 9.17) is 10.7 Å². The lowest BCUT2D eigenvalue weighted by atomic mass is 9.82. The van der Waals surface area contributed by atoms with E-state index in [1.807, 2.05) is 18.2 Å². The number of carbonyl (C=O) groups is 3. The number of imidazole rings is 1. The molecule has 2 heterocycles. The minimum atomic E-state index is -0.512. The third kappa shape index (κ3) is 4.81. The number of nitrogens with two attached hydrogens (primary N) is 1. The fraction of sp³-hybridized carbons (Fsp3) is 0.583. The normalized spacial score (nSPS) is 18.1. The van der Waals surface area contributed by atoms with Crippen LogP contribution in [0.4, 0.5) is 4.79 Å². The molecule has 1 atom stereocenters. The molecule has 2 aromatic rings. The van der Waals surface area contributed by atoms with Crippen LogP contribution in [0.1, 0.15) is 57.3 Å². The van der Waals surface area contributed by atoms with Gasteiger partial charge in [-0.25, -0.2) is 9.78 Å². The van der Waals surface area contributed by atoms with E-state index in [0.29, 0.717) is 25.8 Å². The first-order valence-corrected chi connectivity index (χ1v) is 11.2. The molecular weight excluding hydrogens is 392 g/mol. The van der Waals surface area contributed by atoms with Gasteiger partial charge in [-0.15, -0.1) is 0 Å². The molecule has 31 heavy (non-hydrogen) atoms. The van der Waals surface area contributed by atoms with E-state index in [-0.39, 0.29) is 11.3 Å². The molecule has 7 nitrogen and oxygen atoms in total. The molecule has 2 N–H and O–H groups in total. The minimum absolute atomic E-state index is 0.123. The van der Waals surface area contributed by atoms with Gasteiger partial charge in [-0.05, 0) is 54.2 Å². The summed E-state index contributed by atoms with van der Waals surface area (Å²) in [6.45, 7) is 8.70. The van der Waals surface area contributed by atoms with Crippen LogP contribution in [0.5, 0.6) is 0 Å².